The van der Waals surface area contributed by atoms with Gasteiger partial charge in [-0.15, -0.1) is 0 Å². The molecule has 2 N–H and O–H groups in total. The number of hydrogen-bond donors (Lipinski definition) is 2. The second kappa shape index (κ2) is 8.08. The summed E-state index contributed by atoms with van der Waals surface area (Å²) in [5.41, 5.74) is 1.07. The lowest BCUT2D eigenvalue weighted by molar-refractivity contribution is -0.121. The maximum Gasteiger partial charge on any atom is 0.220 e. The zero-order valence-corrected chi connectivity index (χ0v) is 12.5. The number of carbonyl (C=O) groups is 1. The van der Waals surface area contributed by atoms with Gasteiger partial charge in [0.15, 0.2) is 0 Å². The van der Waals surface area contributed by atoms with Gasteiger partial charge in [0.05, 0.1) is 6.33 Å². The van der Waals surface area contributed by atoms with Crippen LogP contribution in [-0.4, -0.2) is 22.4 Å². The molecule has 1 aromatic heterocycles. The Kier molecular flexibility index (Phi) is 6.09. The molecule has 2 rings (SSSR count). The molecule has 1 unspecified atom stereocenters. The molecule has 1 aliphatic rings. The van der Waals surface area contributed by atoms with Crippen molar-refractivity contribution in [2.75, 3.05) is 6.54 Å². The Balaban J connectivity index is 1.57. The summed E-state index contributed by atoms with van der Waals surface area (Å²) in [6.45, 7) is 3.01. The van der Waals surface area contributed by atoms with Crippen molar-refractivity contribution in [1.82, 2.24) is 15.3 Å². The highest BCUT2D eigenvalue weighted by molar-refractivity contribution is 5.75. The lowest BCUT2D eigenvalue weighted by atomic mass is 9.79. The smallest absolute Gasteiger partial charge is 0.220 e. The molecule has 0 aliphatic heterocycles. The third-order valence-electron chi connectivity index (χ3n) is 4.55. The van der Waals surface area contributed by atoms with Crippen LogP contribution in [0.1, 0.15) is 57.6 Å². The van der Waals surface area contributed by atoms with Crippen molar-refractivity contribution in [3.63, 3.8) is 0 Å². The molecule has 1 saturated carbocycles. The molecule has 112 valence electrons. The van der Waals surface area contributed by atoms with Crippen molar-refractivity contribution < 1.29 is 4.79 Å². The number of carbonyl (C=O) groups excluding carboxylic acids is 1. The zero-order chi connectivity index (χ0) is 14.2. The average Bonchev–Trinajstić information content (AvgIpc) is 2.99. The van der Waals surface area contributed by atoms with Gasteiger partial charge in [-0.1, -0.05) is 39.0 Å². The van der Waals surface area contributed by atoms with Gasteiger partial charge in [-0.05, 0) is 18.3 Å². The molecule has 0 radical (unpaired) electrons. The first-order valence-electron chi connectivity index (χ1n) is 7.99. The molecule has 1 aromatic rings. The van der Waals surface area contributed by atoms with E-state index in [1.54, 1.807) is 12.5 Å². The zero-order valence-electron chi connectivity index (χ0n) is 12.5. The molecule has 1 fully saturated rings. The molecule has 1 aliphatic carbocycles. The summed E-state index contributed by atoms with van der Waals surface area (Å²) in [4.78, 5) is 18.8. The summed E-state index contributed by atoms with van der Waals surface area (Å²) in [7, 11) is 0. The largest absolute Gasteiger partial charge is 0.356 e. The number of hydrogen-bond acceptors (Lipinski definition) is 2. The van der Waals surface area contributed by atoms with Crippen molar-refractivity contribution >= 4 is 5.91 Å². The van der Waals surface area contributed by atoms with Crippen LogP contribution in [0.15, 0.2) is 12.5 Å². The van der Waals surface area contributed by atoms with E-state index in [-0.39, 0.29) is 5.91 Å². The van der Waals surface area contributed by atoms with Crippen LogP contribution in [0.3, 0.4) is 0 Å². The fraction of sp³-hybridized carbons (Fsp3) is 0.750. The van der Waals surface area contributed by atoms with Crippen molar-refractivity contribution in [1.29, 1.82) is 0 Å². The van der Waals surface area contributed by atoms with Gasteiger partial charge in [-0.25, -0.2) is 4.98 Å². The number of imidazole rings is 1. The van der Waals surface area contributed by atoms with Crippen molar-refractivity contribution in [2.45, 2.75) is 58.3 Å². The highest BCUT2D eigenvalue weighted by Gasteiger charge is 2.20. The summed E-state index contributed by atoms with van der Waals surface area (Å²) in [5.74, 6) is 1.72. The van der Waals surface area contributed by atoms with E-state index in [0.717, 1.165) is 24.5 Å². The Morgan fingerprint density at radius 1 is 1.45 bits per heavy atom. The molecule has 0 aromatic carbocycles. The first-order valence-corrected chi connectivity index (χ1v) is 7.99. The maximum absolute atomic E-state index is 11.8. The van der Waals surface area contributed by atoms with Crippen LogP contribution >= 0.6 is 0 Å². The van der Waals surface area contributed by atoms with E-state index in [9.17, 15) is 4.79 Å². The number of H-pyrrole nitrogens is 1. The summed E-state index contributed by atoms with van der Waals surface area (Å²) in [6.07, 6.45) is 12.9. The number of nitrogens with zero attached hydrogens (tertiary/aromatic N) is 1. The molecule has 4 nitrogen and oxygen atoms in total. The fourth-order valence-corrected chi connectivity index (χ4v) is 3.14. The highest BCUT2D eigenvalue weighted by atomic mass is 16.1. The van der Waals surface area contributed by atoms with Gasteiger partial charge >= 0.3 is 0 Å². The Bertz CT molecular complexity index is 382. The second-order valence-electron chi connectivity index (χ2n) is 6.09. The van der Waals surface area contributed by atoms with E-state index in [1.165, 1.54) is 32.1 Å². The number of aromatic nitrogens is 2. The average molecular weight is 277 g/mol. The molecule has 0 saturated heterocycles. The standard InChI is InChI=1S/C16H27N3O/c1-13(14-5-3-2-4-6-14)7-8-16(20)18-10-9-15-11-17-12-19-15/h11-14H,2-10H2,1H3,(H,17,19)(H,18,20). The Morgan fingerprint density at radius 3 is 2.95 bits per heavy atom. The highest BCUT2D eigenvalue weighted by Crippen LogP contribution is 2.31. The normalized spacial score (nSPS) is 17.9. The summed E-state index contributed by atoms with van der Waals surface area (Å²) in [6, 6.07) is 0. The molecule has 1 atom stereocenters. The number of amides is 1. The van der Waals surface area contributed by atoms with Gasteiger partial charge < -0.3 is 10.3 Å². The Morgan fingerprint density at radius 2 is 2.25 bits per heavy atom. The third-order valence-corrected chi connectivity index (χ3v) is 4.55. The molecule has 0 bridgehead atoms. The summed E-state index contributed by atoms with van der Waals surface area (Å²) < 4.78 is 0. The van der Waals surface area contributed by atoms with E-state index >= 15 is 0 Å². The fourth-order valence-electron chi connectivity index (χ4n) is 3.14. The van der Waals surface area contributed by atoms with Gasteiger partial charge in [-0.2, -0.15) is 0 Å². The van der Waals surface area contributed by atoms with Crippen molar-refractivity contribution in [3.8, 4) is 0 Å². The van der Waals surface area contributed by atoms with Crippen LogP contribution in [0.2, 0.25) is 0 Å². The van der Waals surface area contributed by atoms with Crippen LogP contribution in [0, 0.1) is 11.8 Å². The molecule has 0 spiro atoms. The van der Waals surface area contributed by atoms with E-state index < -0.39 is 0 Å². The SMILES string of the molecule is CC(CCC(=O)NCCc1cnc[nH]1)C1CCCCC1. The van der Waals surface area contributed by atoms with Gasteiger partial charge in [-0.3, -0.25) is 4.79 Å². The Labute approximate surface area is 121 Å². The lowest BCUT2D eigenvalue weighted by Crippen LogP contribution is -2.26. The van der Waals surface area contributed by atoms with Gasteiger partial charge in [0.25, 0.3) is 0 Å². The minimum atomic E-state index is 0.187. The predicted octanol–water partition coefficient (Wildman–Crippen LogP) is 3.07. The van der Waals surface area contributed by atoms with Crippen molar-refractivity contribution in [2.24, 2.45) is 11.8 Å². The van der Waals surface area contributed by atoms with Crippen molar-refractivity contribution in [3.05, 3.63) is 18.2 Å². The molecule has 4 heteroatoms. The number of rotatable bonds is 7. The van der Waals surface area contributed by atoms with Crippen LogP contribution in [0.25, 0.3) is 0 Å². The Hall–Kier alpha value is -1.32. The minimum absolute atomic E-state index is 0.187. The maximum atomic E-state index is 11.8. The quantitative estimate of drug-likeness (QED) is 0.804. The van der Waals surface area contributed by atoms with E-state index in [1.807, 2.05) is 0 Å². The first-order chi connectivity index (χ1) is 9.75. The van der Waals surface area contributed by atoms with Crippen LogP contribution in [0.4, 0.5) is 0 Å². The van der Waals surface area contributed by atoms with Gasteiger partial charge in [0.1, 0.15) is 0 Å². The number of nitrogens with one attached hydrogen (secondary N) is 2. The van der Waals surface area contributed by atoms with Gasteiger partial charge in [0, 0.05) is 31.3 Å². The topological polar surface area (TPSA) is 57.8 Å². The molecule has 1 heterocycles. The molecule has 1 amide bonds. The monoisotopic (exact) mass is 277 g/mol. The predicted molar refractivity (Wildman–Crippen MR) is 80.3 cm³/mol. The third kappa shape index (κ3) is 4.99. The van der Waals surface area contributed by atoms with Crippen LogP contribution < -0.4 is 5.32 Å². The second-order valence-corrected chi connectivity index (χ2v) is 6.09. The van der Waals surface area contributed by atoms with Gasteiger partial charge in [0.2, 0.25) is 5.91 Å². The minimum Gasteiger partial charge on any atom is -0.356 e. The summed E-state index contributed by atoms with van der Waals surface area (Å²) in [5, 5.41) is 2.99. The number of aromatic amines is 1. The van der Waals surface area contributed by atoms with E-state index in [2.05, 4.69) is 22.2 Å². The van der Waals surface area contributed by atoms with E-state index in [4.69, 9.17) is 0 Å². The van der Waals surface area contributed by atoms with Crippen LogP contribution in [-0.2, 0) is 11.2 Å². The molecular weight excluding hydrogens is 250 g/mol. The van der Waals surface area contributed by atoms with E-state index in [0.29, 0.717) is 18.9 Å². The summed E-state index contributed by atoms with van der Waals surface area (Å²) >= 11 is 0. The van der Waals surface area contributed by atoms with Crippen LogP contribution in [0.5, 0.6) is 0 Å². The molecular formula is C16H27N3O. The first kappa shape index (κ1) is 15.1. The lowest BCUT2D eigenvalue weighted by Gasteiger charge is -2.27. The molecule has 20 heavy (non-hydrogen) atoms.